The summed E-state index contributed by atoms with van der Waals surface area (Å²) < 4.78 is 0. The normalized spacial score (nSPS) is 14.0. The van der Waals surface area contributed by atoms with Gasteiger partial charge < -0.3 is 4.90 Å². The summed E-state index contributed by atoms with van der Waals surface area (Å²) in [5, 5.41) is 1.64. The van der Waals surface area contributed by atoms with Gasteiger partial charge in [-0.1, -0.05) is 29.8 Å². The van der Waals surface area contributed by atoms with Crippen LogP contribution in [0, 0.1) is 13.8 Å². The van der Waals surface area contributed by atoms with Crippen molar-refractivity contribution in [1.82, 2.24) is 4.90 Å². The van der Waals surface area contributed by atoms with Crippen LogP contribution >= 0.6 is 22.9 Å². The number of anilines is 1. The molecule has 2 aromatic rings. The summed E-state index contributed by atoms with van der Waals surface area (Å²) in [5.41, 5.74) is 3.98. The minimum atomic E-state index is -0.0203. The molecule has 24 heavy (non-hydrogen) atoms. The summed E-state index contributed by atoms with van der Waals surface area (Å²) >= 11 is 8.06. The Bertz CT molecular complexity index is 826. The van der Waals surface area contributed by atoms with E-state index in [2.05, 4.69) is 13.8 Å². The lowest BCUT2D eigenvalue weighted by molar-refractivity contribution is 0.224. The smallest absolute Gasteiger partial charge is 0.324 e. The van der Waals surface area contributed by atoms with Crippen LogP contribution in [0.3, 0.4) is 0 Å². The van der Waals surface area contributed by atoms with Crippen molar-refractivity contribution >= 4 is 39.7 Å². The molecule has 0 bridgehead atoms. The number of carbonyl (C=O) groups excluding carboxylic acids is 1. The Kier molecular flexibility index (Phi) is 4.65. The standard InChI is InChI=1S/C18H20ClN3OS/c1-11-12(2)24-17-15(11)16(13-7-5-6-8-14(13)19)20-9-10-22(17)18(23)21(3)4/h5-8H,9-10H2,1-4H3. The van der Waals surface area contributed by atoms with Crippen molar-refractivity contribution in [3.8, 4) is 0 Å². The molecule has 6 heteroatoms. The summed E-state index contributed by atoms with van der Waals surface area (Å²) in [4.78, 5) is 22.0. The molecule has 0 unspecified atom stereocenters. The summed E-state index contributed by atoms with van der Waals surface area (Å²) in [7, 11) is 3.55. The average Bonchev–Trinajstić information content (AvgIpc) is 2.73. The van der Waals surface area contributed by atoms with Gasteiger partial charge in [0.15, 0.2) is 0 Å². The predicted molar refractivity (Wildman–Crippen MR) is 102 cm³/mol. The Morgan fingerprint density at radius 2 is 2.00 bits per heavy atom. The number of hydrogen-bond donors (Lipinski definition) is 0. The van der Waals surface area contributed by atoms with Crippen molar-refractivity contribution in [2.45, 2.75) is 13.8 Å². The second kappa shape index (κ2) is 6.57. The molecule has 1 aromatic carbocycles. The summed E-state index contributed by atoms with van der Waals surface area (Å²) in [6, 6.07) is 7.72. The molecule has 2 heterocycles. The first-order valence-corrected chi connectivity index (χ1v) is 8.99. The van der Waals surface area contributed by atoms with Gasteiger partial charge >= 0.3 is 6.03 Å². The highest BCUT2D eigenvalue weighted by Crippen LogP contribution is 2.39. The zero-order valence-electron chi connectivity index (χ0n) is 14.3. The summed E-state index contributed by atoms with van der Waals surface area (Å²) in [6.07, 6.45) is 0. The van der Waals surface area contributed by atoms with E-state index >= 15 is 0 Å². The van der Waals surface area contributed by atoms with Crippen molar-refractivity contribution in [2.75, 3.05) is 32.1 Å². The van der Waals surface area contributed by atoms with Crippen molar-refractivity contribution < 1.29 is 4.79 Å². The number of benzene rings is 1. The van der Waals surface area contributed by atoms with Gasteiger partial charge in [-0.15, -0.1) is 11.3 Å². The number of urea groups is 1. The Morgan fingerprint density at radius 3 is 2.67 bits per heavy atom. The third kappa shape index (κ3) is 2.82. The monoisotopic (exact) mass is 361 g/mol. The number of amides is 2. The molecule has 0 aliphatic carbocycles. The van der Waals surface area contributed by atoms with E-state index in [-0.39, 0.29) is 6.03 Å². The zero-order valence-corrected chi connectivity index (χ0v) is 15.8. The molecule has 0 spiro atoms. The fraction of sp³-hybridized carbons (Fsp3) is 0.333. The number of aliphatic imine (C=N–C) groups is 1. The SMILES string of the molecule is Cc1sc2c(c1C)C(c1ccccc1Cl)=NCCN2C(=O)N(C)C. The molecule has 0 radical (unpaired) electrons. The molecule has 0 saturated heterocycles. The van der Waals surface area contributed by atoms with Gasteiger partial charge in [0, 0.05) is 41.7 Å². The minimum absolute atomic E-state index is 0.0203. The van der Waals surface area contributed by atoms with Crippen LogP contribution in [0.5, 0.6) is 0 Å². The molecule has 1 aliphatic heterocycles. The minimum Gasteiger partial charge on any atom is -0.330 e. The third-order valence-electron chi connectivity index (χ3n) is 4.18. The maximum atomic E-state index is 12.6. The molecule has 0 fully saturated rings. The number of aryl methyl sites for hydroxylation is 1. The Morgan fingerprint density at radius 1 is 1.29 bits per heavy atom. The van der Waals surface area contributed by atoms with Gasteiger partial charge in [-0.2, -0.15) is 0 Å². The molecule has 1 aromatic heterocycles. The lowest BCUT2D eigenvalue weighted by atomic mass is 10.00. The third-order valence-corrected chi connectivity index (χ3v) is 5.74. The van der Waals surface area contributed by atoms with Gasteiger partial charge in [-0.3, -0.25) is 9.89 Å². The highest BCUT2D eigenvalue weighted by atomic mass is 35.5. The van der Waals surface area contributed by atoms with Gasteiger partial charge in [-0.05, 0) is 25.5 Å². The molecule has 1 aliphatic rings. The number of nitrogens with zero attached hydrogens (tertiary/aromatic N) is 3. The molecule has 0 saturated carbocycles. The first-order chi connectivity index (χ1) is 11.4. The number of carbonyl (C=O) groups is 1. The van der Waals surface area contributed by atoms with Crippen molar-refractivity contribution in [3.63, 3.8) is 0 Å². The number of rotatable bonds is 1. The van der Waals surface area contributed by atoms with E-state index in [1.807, 2.05) is 29.2 Å². The molecular weight excluding hydrogens is 342 g/mol. The van der Waals surface area contributed by atoms with Gasteiger partial charge in [0.1, 0.15) is 5.00 Å². The van der Waals surface area contributed by atoms with Gasteiger partial charge in [-0.25, -0.2) is 4.79 Å². The van der Waals surface area contributed by atoms with Crippen LogP contribution in [0.2, 0.25) is 5.02 Å². The van der Waals surface area contributed by atoms with E-state index in [0.717, 1.165) is 27.4 Å². The van der Waals surface area contributed by atoms with Crippen LogP contribution in [0.1, 0.15) is 21.6 Å². The van der Waals surface area contributed by atoms with E-state index in [4.69, 9.17) is 16.6 Å². The highest BCUT2D eigenvalue weighted by molar-refractivity contribution is 7.17. The van der Waals surface area contributed by atoms with Crippen molar-refractivity contribution in [1.29, 1.82) is 0 Å². The lowest BCUT2D eigenvalue weighted by Gasteiger charge is -2.24. The topological polar surface area (TPSA) is 35.9 Å². The van der Waals surface area contributed by atoms with Crippen LogP contribution in [0.4, 0.5) is 9.80 Å². The first-order valence-electron chi connectivity index (χ1n) is 7.80. The fourth-order valence-corrected chi connectivity index (χ4v) is 4.22. The predicted octanol–water partition coefficient (Wildman–Crippen LogP) is 4.36. The summed E-state index contributed by atoms with van der Waals surface area (Å²) in [5.74, 6) is 0. The largest absolute Gasteiger partial charge is 0.330 e. The maximum absolute atomic E-state index is 12.6. The zero-order chi connectivity index (χ0) is 17.4. The second-order valence-corrected chi connectivity index (χ2v) is 7.61. The Labute approximate surface area is 151 Å². The lowest BCUT2D eigenvalue weighted by Crippen LogP contribution is -2.40. The van der Waals surface area contributed by atoms with E-state index in [0.29, 0.717) is 18.1 Å². The van der Waals surface area contributed by atoms with Crippen LogP contribution in [-0.4, -0.2) is 43.8 Å². The Balaban J connectivity index is 2.20. The van der Waals surface area contributed by atoms with Crippen molar-refractivity contribution in [3.05, 3.63) is 50.9 Å². The molecule has 0 atom stereocenters. The highest BCUT2D eigenvalue weighted by Gasteiger charge is 2.29. The molecule has 4 nitrogen and oxygen atoms in total. The van der Waals surface area contributed by atoms with Crippen LogP contribution in [0.25, 0.3) is 0 Å². The van der Waals surface area contributed by atoms with Gasteiger partial charge in [0.05, 0.1) is 12.3 Å². The molecule has 2 amide bonds. The number of hydrogen-bond acceptors (Lipinski definition) is 3. The quantitative estimate of drug-likeness (QED) is 0.743. The summed E-state index contributed by atoms with van der Waals surface area (Å²) in [6.45, 7) is 5.29. The van der Waals surface area contributed by atoms with Crippen molar-refractivity contribution in [2.24, 2.45) is 4.99 Å². The molecule has 126 valence electrons. The number of halogens is 1. The number of thiophene rings is 1. The van der Waals surface area contributed by atoms with Crippen LogP contribution in [-0.2, 0) is 0 Å². The average molecular weight is 362 g/mol. The van der Waals surface area contributed by atoms with E-state index in [1.54, 1.807) is 30.3 Å². The fourth-order valence-electron chi connectivity index (χ4n) is 2.82. The van der Waals surface area contributed by atoms with E-state index < -0.39 is 0 Å². The second-order valence-electron chi connectivity index (χ2n) is 6.00. The first kappa shape index (κ1) is 17.0. The van der Waals surface area contributed by atoms with Crippen LogP contribution in [0.15, 0.2) is 29.3 Å². The van der Waals surface area contributed by atoms with E-state index in [9.17, 15) is 4.79 Å². The van der Waals surface area contributed by atoms with Crippen LogP contribution < -0.4 is 4.90 Å². The van der Waals surface area contributed by atoms with E-state index in [1.165, 1.54) is 4.88 Å². The van der Waals surface area contributed by atoms with Gasteiger partial charge in [0.2, 0.25) is 0 Å². The number of fused-ring (bicyclic) bond motifs is 1. The molecule has 3 rings (SSSR count). The molecular formula is C18H20ClN3OS. The Hall–Kier alpha value is -1.85. The molecule has 0 N–H and O–H groups in total. The maximum Gasteiger partial charge on any atom is 0.324 e. The van der Waals surface area contributed by atoms with Gasteiger partial charge in [0.25, 0.3) is 0 Å².